The van der Waals surface area contributed by atoms with Crippen LogP contribution in [0, 0.1) is 5.92 Å². The van der Waals surface area contributed by atoms with Crippen molar-refractivity contribution in [2.45, 2.75) is 26.4 Å². The van der Waals surface area contributed by atoms with Gasteiger partial charge in [0.2, 0.25) is 0 Å². The van der Waals surface area contributed by atoms with E-state index in [9.17, 15) is 9.90 Å². The molecule has 0 radical (unpaired) electrons. The lowest BCUT2D eigenvalue weighted by atomic mass is 9.93. The molecule has 0 bridgehead atoms. The maximum Gasteiger partial charge on any atom is 0.404 e. The first kappa shape index (κ1) is 10.2. The molecule has 0 fully saturated rings. The lowest BCUT2D eigenvalue weighted by Gasteiger charge is -2.26. The maximum absolute atomic E-state index is 10.0. The van der Waals surface area contributed by atoms with E-state index in [0.717, 1.165) is 0 Å². The third-order valence-corrected chi connectivity index (χ3v) is 1.84. The summed E-state index contributed by atoms with van der Waals surface area (Å²) >= 11 is 0. The van der Waals surface area contributed by atoms with Crippen molar-refractivity contribution < 1.29 is 15.0 Å². The van der Waals surface area contributed by atoms with Crippen molar-refractivity contribution in [2.24, 2.45) is 5.92 Å². The van der Waals surface area contributed by atoms with Gasteiger partial charge in [0, 0.05) is 6.54 Å². The Bertz CT molecular complexity index is 143. The molecule has 1 unspecified atom stereocenters. The van der Waals surface area contributed by atoms with Crippen LogP contribution in [-0.4, -0.2) is 28.5 Å². The summed E-state index contributed by atoms with van der Waals surface area (Å²) in [6.45, 7) is 5.35. The van der Waals surface area contributed by atoms with Gasteiger partial charge in [0.15, 0.2) is 0 Å². The van der Waals surface area contributed by atoms with Gasteiger partial charge in [0.25, 0.3) is 0 Å². The standard InChI is InChI=1S/C7H15NO3/c1-5(2)7(3,11)4-8-6(9)10/h5,8,11H,4H2,1-3H3,(H,9,10). The van der Waals surface area contributed by atoms with Crippen LogP contribution < -0.4 is 5.32 Å². The second-order valence-electron chi connectivity index (χ2n) is 3.17. The van der Waals surface area contributed by atoms with Gasteiger partial charge in [-0.3, -0.25) is 0 Å². The molecule has 3 N–H and O–H groups in total. The molecule has 66 valence electrons. The van der Waals surface area contributed by atoms with Crippen molar-refractivity contribution in [2.75, 3.05) is 6.54 Å². The van der Waals surface area contributed by atoms with E-state index in [-0.39, 0.29) is 12.5 Å². The van der Waals surface area contributed by atoms with Gasteiger partial charge in [-0.25, -0.2) is 4.79 Å². The zero-order valence-electron chi connectivity index (χ0n) is 7.09. The molecule has 0 saturated carbocycles. The highest BCUT2D eigenvalue weighted by Crippen LogP contribution is 2.13. The van der Waals surface area contributed by atoms with E-state index in [1.807, 2.05) is 13.8 Å². The van der Waals surface area contributed by atoms with Crippen LogP contribution in [0.3, 0.4) is 0 Å². The Balaban J connectivity index is 3.82. The minimum absolute atomic E-state index is 0.0364. The second-order valence-corrected chi connectivity index (χ2v) is 3.17. The van der Waals surface area contributed by atoms with Crippen LogP contribution in [0.2, 0.25) is 0 Å². The summed E-state index contributed by atoms with van der Waals surface area (Å²) in [5, 5.41) is 19.9. The van der Waals surface area contributed by atoms with Crippen LogP contribution in [0.15, 0.2) is 0 Å². The molecule has 4 nitrogen and oxygen atoms in total. The predicted molar refractivity (Wildman–Crippen MR) is 41.5 cm³/mol. The first-order valence-corrected chi connectivity index (χ1v) is 3.55. The summed E-state index contributed by atoms with van der Waals surface area (Å²) < 4.78 is 0. The summed E-state index contributed by atoms with van der Waals surface area (Å²) in [4.78, 5) is 10.0. The van der Waals surface area contributed by atoms with E-state index in [2.05, 4.69) is 5.32 Å². The Hall–Kier alpha value is -0.770. The Labute approximate surface area is 66.2 Å². The lowest BCUT2D eigenvalue weighted by molar-refractivity contribution is 0.0149. The number of hydrogen-bond donors (Lipinski definition) is 3. The van der Waals surface area contributed by atoms with Gasteiger partial charge >= 0.3 is 6.09 Å². The van der Waals surface area contributed by atoms with Gasteiger partial charge in [-0.15, -0.1) is 0 Å². The molecule has 0 spiro atoms. The Morgan fingerprint density at radius 3 is 2.36 bits per heavy atom. The summed E-state index contributed by atoms with van der Waals surface area (Å²) in [7, 11) is 0. The largest absolute Gasteiger partial charge is 0.465 e. The molecule has 1 amide bonds. The minimum Gasteiger partial charge on any atom is -0.465 e. The number of nitrogens with one attached hydrogen (secondary N) is 1. The van der Waals surface area contributed by atoms with Crippen LogP contribution in [0.5, 0.6) is 0 Å². The third kappa shape index (κ3) is 3.83. The molecular weight excluding hydrogens is 146 g/mol. The Morgan fingerprint density at radius 1 is 1.64 bits per heavy atom. The average Bonchev–Trinajstić information content (AvgIpc) is 1.84. The van der Waals surface area contributed by atoms with E-state index < -0.39 is 11.7 Å². The van der Waals surface area contributed by atoms with Crippen LogP contribution in [0.1, 0.15) is 20.8 Å². The van der Waals surface area contributed by atoms with Gasteiger partial charge in [0.05, 0.1) is 5.60 Å². The van der Waals surface area contributed by atoms with Crippen molar-refractivity contribution in [3.63, 3.8) is 0 Å². The summed E-state index contributed by atoms with van der Waals surface area (Å²) in [6, 6.07) is 0. The molecule has 1 atom stereocenters. The van der Waals surface area contributed by atoms with E-state index >= 15 is 0 Å². The first-order valence-electron chi connectivity index (χ1n) is 3.55. The smallest absolute Gasteiger partial charge is 0.404 e. The van der Waals surface area contributed by atoms with Gasteiger partial charge in [0.1, 0.15) is 0 Å². The molecule has 0 aromatic heterocycles. The minimum atomic E-state index is -1.11. The first-order chi connectivity index (χ1) is 4.86. The average molecular weight is 161 g/mol. The molecule has 0 saturated heterocycles. The summed E-state index contributed by atoms with van der Waals surface area (Å²) in [5.41, 5.74) is -0.960. The summed E-state index contributed by atoms with van der Waals surface area (Å²) in [5.74, 6) is 0.0364. The molecule has 0 aliphatic rings. The summed E-state index contributed by atoms with van der Waals surface area (Å²) in [6.07, 6.45) is -1.11. The number of rotatable bonds is 3. The number of amides is 1. The molecule has 4 heteroatoms. The zero-order valence-corrected chi connectivity index (χ0v) is 7.09. The quantitative estimate of drug-likeness (QED) is 0.569. The van der Waals surface area contributed by atoms with Gasteiger partial charge in [-0.2, -0.15) is 0 Å². The molecule has 0 heterocycles. The number of aliphatic hydroxyl groups is 1. The third-order valence-electron chi connectivity index (χ3n) is 1.84. The Kier molecular flexibility index (Phi) is 3.32. The van der Waals surface area contributed by atoms with Crippen LogP contribution in [0.25, 0.3) is 0 Å². The monoisotopic (exact) mass is 161 g/mol. The van der Waals surface area contributed by atoms with E-state index in [4.69, 9.17) is 5.11 Å². The number of carbonyl (C=O) groups is 1. The van der Waals surface area contributed by atoms with Gasteiger partial charge in [-0.1, -0.05) is 13.8 Å². The Morgan fingerprint density at radius 2 is 2.09 bits per heavy atom. The molecule has 0 rings (SSSR count). The van der Waals surface area contributed by atoms with Crippen molar-refractivity contribution in [3.05, 3.63) is 0 Å². The van der Waals surface area contributed by atoms with E-state index in [1.165, 1.54) is 0 Å². The highest BCUT2D eigenvalue weighted by molar-refractivity contribution is 5.64. The SMILES string of the molecule is CC(C)C(C)(O)CNC(=O)O. The molecular formula is C7H15NO3. The van der Waals surface area contributed by atoms with Crippen molar-refractivity contribution in [1.29, 1.82) is 0 Å². The van der Waals surface area contributed by atoms with Crippen molar-refractivity contribution >= 4 is 6.09 Å². The predicted octanol–water partition coefficient (Wildman–Crippen LogP) is 0.661. The highest BCUT2D eigenvalue weighted by atomic mass is 16.4. The normalized spacial score (nSPS) is 16.1. The van der Waals surface area contributed by atoms with Crippen LogP contribution >= 0.6 is 0 Å². The topological polar surface area (TPSA) is 69.6 Å². The second kappa shape index (κ2) is 3.57. The fourth-order valence-electron chi connectivity index (χ4n) is 0.459. The van der Waals surface area contributed by atoms with Crippen molar-refractivity contribution in [1.82, 2.24) is 5.32 Å². The number of hydrogen-bond acceptors (Lipinski definition) is 2. The zero-order chi connectivity index (χ0) is 9.07. The van der Waals surface area contributed by atoms with Gasteiger partial charge < -0.3 is 15.5 Å². The molecule has 0 aromatic rings. The van der Waals surface area contributed by atoms with Crippen LogP contribution in [-0.2, 0) is 0 Å². The van der Waals surface area contributed by atoms with Gasteiger partial charge in [-0.05, 0) is 12.8 Å². The fraction of sp³-hybridized carbons (Fsp3) is 0.857. The van der Waals surface area contributed by atoms with E-state index in [0.29, 0.717) is 0 Å². The van der Waals surface area contributed by atoms with Crippen LogP contribution in [0.4, 0.5) is 4.79 Å². The highest BCUT2D eigenvalue weighted by Gasteiger charge is 2.24. The number of carboxylic acid groups (broad SMARTS) is 1. The molecule has 0 aromatic carbocycles. The molecule has 0 aliphatic heterocycles. The lowest BCUT2D eigenvalue weighted by Crippen LogP contribution is -2.43. The fourth-order valence-corrected chi connectivity index (χ4v) is 0.459. The van der Waals surface area contributed by atoms with E-state index in [1.54, 1.807) is 6.92 Å². The molecule has 11 heavy (non-hydrogen) atoms. The van der Waals surface area contributed by atoms with Crippen molar-refractivity contribution in [3.8, 4) is 0 Å². The maximum atomic E-state index is 10.0. The molecule has 0 aliphatic carbocycles.